The van der Waals surface area contributed by atoms with E-state index < -0.39 is 115 Å². The molecule has 2 N–H and O–H groups in total. The molecule has 2 aromatic carbocycles. The number of hydrazine groups is 1. The van der Waals surface area contributed by atoms with E-state index in [2.05, 4.69) is 10.4 Å². The number of anilines is 3. The van der Waals surface area contributed by atoms with Crippen LogP contribution in [0.2, 0.25) is 10.0 Å². The number of allylic oxidation sites excluding steroid dienone is 2. The summed E-state index contributed by atoms with van der Waals surface area (Å²) in [6, 6.07) is 11.3. The molecule has 0 unspecified atom stereocenters. The molecule has 4 aromatic rings. The maximum Gasteiger partial charge on any atom is 0.417 e. The minimum atomic E-state index is -4.82. The number of nitro benzene ring substituents is 2. The van der Waals surface area contributed by atoms with Crippen LogP contribution in [-0.4, -0.2) is 62.7 Å². The van der Waals surface area contributed by atoms with Crippen molar-refractivity contribution in [1.29, 1.82) is 0 Å². The second-order valence-corrected chi connectivity index (χ2v) is 16.0. The highest BCUT2D eigenvalue weighted by atomic mass is 35.5. The number of furan rings is 1. The molecule has 316 valence electrons. The van der Waals surface area contributed by atoms with Crippen LogP contribution in [0.4, 0.5) is 41.7 Å². The number of amides is 4. The molecule has 4 aliphatic rings. The fourth-order valence-electron chi connectivity index (χ4n) is 9.44. The van der Waals surface area contributed by atoms with Gasteiger partial charge in [-0.25, -0.2) is 9.88 Å². The number of hydrogen-bond donors (Lipinski definition) is 2. The number of nitrogens with zero attached hydrogens (tertiary/aromatic N) is 6. The number of fused-ring (bicyclic) bond motifs is 4. The van der Waals surface area contributed by atoms with Crippen molar-refractivity contribution in [3.63, 3.8) is 0 Å². The average Bonchev–Trinajstić information content (AvgIpc) is 3.85. The van der Waals surface area contributed by atoms with Crippen LogP contribution in [0.15, 0.2) is 76.9 Å². The lowest BCUT2D eigenvalue weighted by molar-refractivity contribution is -0.392. The van der Waals surface area contributed by atoms with Gasteiger partial charge in [0.2, 0.25) is 11.8 Å². The van der Waals surface area contributed by atoms with E-state index in [1.165, 1.54) is 50.5 Å². The molecular formula is C39H30Cl2F3N7O10. The van der Waals surface area contributed by atoms with Crippen molar-refractivity contribution in [3.05, 3.63) is 125 Å². The van der Waals surface area contributed by atoms with Crippen molar-refractivity contribution >= 4 is 75.4 Å². The van der Waals surface area contributed by atoms with Gasteiger partial charge in [0.15, 0.2) is 11.5 Å². The molecule has 2 aliphatic heterocycles. The highest BCUT2D eigenvalue weighted by molar-refractivity contribution is 6.33. The molecule has 2 saturated heterocycles. The van der Waals surface area contributed by atoms with E-state index in [1.54, 1.807) is 6.08 Å². The van der Waals surface area contributed by atoms with Crippen LogP contribution in [0.3, 0.4) is 0 Å². The predicted molar refractivity (Wildman–Crippen MR) is 208 cm³/mol. The molecule has 0 radical (unpaired) electrons. The maximum atomic E-state index is 15.3. The fraction of sp³-hybridized carbons (Fsp3) is 0.308. The van der Waals surface area contributed by atoms with Crippen molar-refractivity contribution in [3.8, 4) is 0 Å². The number of aromatic nitrogens is 1. The lowest BCUT2D eigenvalue weighted by Crippen LogP contribution is -2.53. The fourth-order valence-corrected chi connectivity index (χ4v) is 9.77. The molecule has 0 bridgehead atoms. The normalized spacial score (nSPS) is 24.7. The summed E-state index contributed by atoms with van der Waals surface area (Å²) in [6.45, 7) is -0.567. The summed E-state index contributed by atoms with van der Waals surface area (Å²) >= 11 is 12.5. The average molecular weight is 885 g/mol. The molecule has 8 rings (SSSR count). The first kappa shape index (κ1) is 41.4. The van der Waals surface area contributed by atoms with Gasteiger partial charge in [0, 0.05) is 37.4 Å². The highest BCUT2D eigenvalue weighted by Crippen LogP contribution is 2.64. The minimum Gasteiger partial charge on any atom is -0.463 e. The molecule has 2 aromatic heterocycles. The van der Waals surface area contributed by atoms with Crippen molar-refractivity contribution < 1.29 is 51.7 Å². The van der Waals surface area contributed by atoms with Gasteiger partial charge in [0.25, 0.3) is 11.8 Å². The van der Waals surface area contributed by atoms with Crippen molar-refractivity contribution in [2.45, 2.75) is 37.0 Å². The molecule has 0 spiro atoms. The number of hydrogen-bond acceptors (Lipinski definition) is 13. The summed E-state index contributed by atoms with van der Waals surface area (Å²) in [7, 11) is 2.71. The van der Waals surface area contributed by atoms with E-state index in [-0.39, 0.29) is 40.6 Å². The number of alkyl halides is 3. The number of aliphatic hydroxyl groups excluding tert-OH is 1. The number of rotatable bonds is 9. The number of halogens is 5. The van der Waals surface area contributed by atoms with E-state index >= 15 is 4.79 Å². The van der Waals surface area contributed by atoms with Crippen LogP contribution in [-0.2, 0) is 37.4 Å². The summed E-state index contributed by atoms with van der Waals surface area (Å²) in [5.74, 6) is -9.82. The Morgan fingerprint density at radius 1 is 0.967 bits per heavy atom. The number of aliphatic hydroxyl groups is 1. The van der Waals surface area contributed by atoms with E-state index in [1.807, 2.05) is 0 Å². The lowest BCUT2D eigenvalue weighted by atomic mass is 9.50. The summed E-state index contributed by atoms with van der Waals surface area (Å²) in [6.07, 6.45) is -3.08. The Hall–Kier alpha value is -6.38. The maximum absolute atomic E-state index is 15.3. The molecule has 4 heterocycles. The topological polar surface area (TPSA) is 223 Å². The number of nitrogens with one attached hydrogen (secondary N) is 1. The molecule has 2 aliphatic carbocycles. The van der Waals surface area contributed by atoms with Gasteiger partial charge in [-0.1, -0.05) is 47.0 Å². The first-order valence-corrected chi connectivity index (χ1v) is 19.1. The van der Waals surface area contributed by atoms with Crippen molar-refractivity contribution in [2.75, 3.05) is 29.3 Å². The monoisotopic (exact) mass is 883 g/mol. The number of imide groups is 2. The first-order valence-electron chi connectivity index (χ1n) is 18.4. The molecule has 61 heavy (non-hydrogen) atoms. The van der Waals surface area contributed by atoms with Crippen LogP contribution in [0.1, 0.15) is 41.4 Å². The third-order valence-electron chi connectivity index (χ3n) is 11.8. The van der Waals surface area contributed by atoms with E-state index in [9.17, 15) is 52.9 Å². The summed E-state index contributed by atoms with van der Waals surface area (Å²) < 4.78 is 46.6. The molecular weight excluding hydrogens is 854 g/mol. The largest absolute Gasteiger partial charge is 0.463 e. The molecule has 6 atom stereocenters. The van der Waals surface area contributed by atoms with E-state index in [0.29, 0.717) is 27.7 Å². The Bertz CT molecular complexity index is 2580. The predicted octanol–water partition coefficient (Wildman–Crippen LogP) is 6.56. The zero-order chi connectivity index (χ0) is 44.0. The van der Waals surface area contributed by atoms with Gasteiger partial charge in [-0.05, 0) is 54.7 Å². The Balaban J connectivity index is 1.29. The number of carbonyl (C=O) groups excluding carboxylic acids is 4. The Morgan fingerprint density at radius 2 is 1.62 bits per heavy atom. The number of carbonyl (C=O) groups is 4. The third-order valence-corrected chi connectivity index (χ3v) is 12.4. The number of nitro groups is 2. The molecule has 22 heteroatoms. The standard InChI is InChI=1S/C39H30Cl2F3N7O10/c1-47(2)32-27(50(57)58)12-20(13-28(32)51(59)60)48-34(53)23-9-8-22-24(30(23)36(48)55)14-25-35(54)49(46-33-26(41)11-18(15-45-33)39(42,43)44)37(56)38(25,17-3-5-19(40)6-4-17)31(22)29-10-7-21(16-52)61-29/h3-8,10-13,15,23-25,30-31,52H,9,14,16H2,1-2H3,(H,45,46)/t23-,24+,25-,30-,31+,38+/m0/s1. The molecule has 17 nitrogen and oxygen atoms in total. The van der Waals surface area contributed by atoms with Gasteiger partial charge in [-0.2, -0.15) is 18.2 Å². The second-order valence-electron chi connectivity index (χ2n) is 15.1. The van der Waals surface area contributed by atoms with Crippen LogP contribution in [0.5, 0.6) is 0 Å². The van der Waals surface area contributed by atoms with Crippen molar-refractivity contribution in [2.24, 2.45) is 23.7 Å². The second kappa shape index (κ2) is 14.7. The van der Waals surface area contributed by atoms with Gasteiger partial charge in [0.1, 0.15) is 23.5 Å². The Kier molecular flexibility index (Phi) is 9.94. The Morgan fingerprint density at radius 3 is 2.18 bits per heavy atom. The zero-order valence-corrected chi connectivity index (χ0v) is 33.1. The van der Waals surface area contributed by atoms with Crippen LogP contribution in [0, 0.1) is 43.9 Å². The van der Waals surface area contributed by atoms with E-state index in [0.717, 1.165) is 17.0 Å². The van der Waals surface area contributed by atoms with Gasteiger partial charge in [-0.15, -0.1) is 0 Å². The number of pyridine rings is 1. The lowest BCUT2D eigenvalue weighted by Gasteiger charge is -2.49. The minimum absolute atomic E-state index is 0.0735. The van der Waals surface area contributed by atoms with E-state index in [4.69, 9.17) is 27.6 Å². The van der Waals surface area contributed by atoms with Gasteiger partial charge < -0.3 is 14.4 Å². The van der Waals surface area contributed by atoms with Crippen LogP contribution >= 0.6 is 23.2 Å². The number of benzene rings is 2. The highest BCUT2D eigenvalue weighted by Gasteiger charge is 2.71. The van der Waals surface area contributed by atoms with Crippen molar-refractivity contribution in [1.82, 2.24) is 9.99 Å². The quantitative estimate of drug-likeness (QED) is 0.0787. The molecule has 3 fully saturated rings. The SMILES string of the molecule is CN(C)c1c([N+](=O)[O-])cc(N2C(=O)[C@H]3[C@H](CC=C4[C@H]3C[C@H]3C(=O)N(Nc5ncc(C(F)(F)F)cc5Cl)C(=O)[C@@]3(c3ccc(Cl)cc3)[C@H]4c3ccc(CO)o3)C2=O)cc1[N+](=O)[O-]. The van der Waals surface area contributed by atoms with Crippen LogP contribution in [0.25, 0.3) is 0 Å². The van der Waals surface area contributed by atoms with Gasteiger partial charge in [-0.3, -0.25) is 44.8 Å². The first-order chi connectivity index (χ1) is 28.8. The summed E-state index contributed by atoms with van der Waals surface area (Å²) in [5.41, 5.74) is -2.23. The van der Waals surface area contributed by atoms with Gasteiger partial charge >= 0.3 is 17.6 Å². The summed E-state index contributed by atoms with van der Waals surface area (Å²) in [5, 5.41) is 34.7. The van der Waals surface area contributed by atoms with Gasteiger partial charge in [0.05, 0.1) is 49.8 Å². The smallest absolute Gasteiger partial charge is 0.417 e. The van der Waals surface area contributed by atoms with Crippen LogP contribution < -0.4 is 15.2 Å². The summed E-state index contributed by atoms with van der Waals surface area (Å²) in [4.78, 5) is 87.4. The Labute approximate surface area is 351 Å². The third kappa shape index (κ3) is 6.30. The molecule has 4 amide bonds. The molecule has 1 saturated carbocycles. The zero-order valence-electron chi connectivity index (χ0n) is 31.6.